The van der Waals surface area contributed by atoms with Gasteiger partial charge in [0.15, 0.2) is 0 Å². The maximum atomic E-state index is 9.79. The van der Waals surface area contributed by atoms with Crippen LogP contribution in [0.2, 0.25) is 0 Å². The Morgan fingerprint density at radius 2 is 1.00 bits per heavy atom. The van der Waals surface area contributed by atoms with Crippen molar-refractivity contribution >= 4 is 11.9 Å². The summed E-state index contributed by atoms with van der Waals surface area (Å²) in [5.74, 6) is -2.01. The monoisotopic (exact) mass is 326 g/mol. The van der Waals surface area contributed by atoms with E-state index in [9.17, 15) is 19.8 Å². The molecule has 0 aliphatic rings. The number of hydrogen-bond donors (Lipinski definition) is 2. The number of carbonyl (C=O) groups is 2. The average Bonchev–Trinajstić information content (AvgIpc) is 2.31. The molecule has 7 heteroatoms. The molecule has 0 fully saturated rings. The van der Waals surface area contributed by atoms with Crippen LogP contribution in [0.1, 0.15) is 51.4 Å². The molecule has 0 aromatic rings. The van der Waals surface area contributed by atoms with Crippen LogP contribution in [0, 0.1) is 0 Å². The van der Waals surface area contributed by atoms with Crippen LogP contribution < -0.4 is 10.2 Å². The third-order valence-corrected chi connectivity index (χ3v) is 2.08. The van der Waals surface area contributed by atoms with Gasteiger partial charge in [-0.25, -0.2) is 0 Å². The van der Waals surface area contributed by atoms with E-state index in [1.165, 1.54) is 0 Å². The second-order valence-corrected chi connectivity index (χ2v) is 3.81. The molecule has 6 nitrogen and oxygen atoms in total. The van der Waals surface area contributed by atoms with Crippen LogP contribution in [-0.4, -0.2) is 35.4 Å². The second kappa shape index (κ2) is 19.8. The number of aliphatic hydroxyl groups excluding tert-OH is 2. The molecule has 0 rings (SSSR count). The molecule has 0 saturated carbocycles. The number of carboxylic acids is 2. The molecule has 0 aliphatic heterocycles. The van der Waals surface area contributed by atoms with E-state index in [1.807, 2.05) is 0 Å². The molecular formula is C12H22O6Zn. The Labute approximate surface area is 126 Å². The summed E-state index contributed by atoms with van der Waals surface area (Å²) < 4.78 is 0. The summed E-state index contributed by atoms with van der Waals surface area (Å²) in [4.78, 5) is 19.6. The van der Waals surface area contributed by atoms with Crippen LogP contribution in [0.4, 0.5) is 0 Å². The van der Waals surface area contributed by atoms with Crippen LogP contribution in [0.25, 0.3) is 0 Å². The smallest absolute Gasteiger partial charge is 0.550 e. The van der Waals surface area contributed by atoms with Gasteiger partial charge in [-0.3, -0.25) is 0 Å². The van der Waals surface area contributed by atoms with E-state index in [1.54, 1.807) is 0 Å². The minimum Gasteiger partial charge on any atom is -0.550 e. The van der Waals surface area contributed by atoms with E-state index in [2.05, 4.69) is 0 Å². The van der Waals surface area contributed by atoms with E-state index in [0.29, 0.717) is 25.7 Å². The Balaban J connectivity index is -0.000000256. The Kier molecular flexibility index (Phi) is 24.6. The van der Waals surface area contributed by atoms with Gasteiger partial charge in [0.1, 0.15) is 0 Å². The molecule has 0 aliphatic carbocycles. The van der Waals surface area contributed by atoms with Gasteiger partial charge in [-0.1, -0.05) is 12.8 Å². The molecule has 2 N–H and O–H groups in total. The van der Waals surface area contributed by atoms with Crippen LogP contribution in [0.3, 0.4) is 0 Å². The van der Waals surface area contributed by atoms with E-state index in [4.69, 9.17) is 10.2 Å². The zero-order chi connectivity index (χ0) is 14.2. The van der Waals surface area contributed by atoms with Gasteiger partial charge in [0.2, 0.25) is 0 Å². The number of carboxylic acid groups (broad SMARTS) is 2. The fourth-order valence-electron chi connectivity index (χ4n) is 1.12. The number of aliphatic carboxylic acids is 2. The summed E-state index contributed by atoms with van der Waals surface area (Å²) in [5, 5.41) is 36.1. The molecule has 0 bridgehead atoms. The summed E-state index contributed by atoms with van der Waals surface area (Å²) in [6, 6.07) is 0. The zero-order valence-corrected chi connectivity index (χ0v) is 14.3. The van der Waals surface area contributed by atoms with Crippen LogP contribution in [-0.2, 0) is 29.1 Å². The van der Waals surface area contributed by atoms with Crippen LogP contribution in [0.5, 0.6) is 0 Å². The Morgan fingerprint density at radius 3 is 1.21 bits per heavy atom. The number of carbonyl (C=O) groups excluding carboxylic acids is 2. The number of hydrogen-bond acceptors (Lipinski definition) is 6. The van der Waals surface area contributed by atoms with Gasteiger partial charge in [-0.05, 0) is 38.5 Å². The molecule has 0 spiro atoms. The van der Waals surface area contributed by atoms with Crippen molar-refractivity contribution in [3.8, 4) is 0 Å². The Hall–Kier alpha value is -0.517. The van der Waals surface area contributed by atoms with Crippen molar-refractivity contribution in [2.45, 2.75) is 51.4 Å². The fourth-order valence-corrected chi connectivity index (χ4v) is 1.12. The van der Waals surface area contributed by atoms with Crippen molar-refractivity contribution < 1.29 is 49.5 Å². The molecule has 19 heavy (non-hydrogen) atoms. The average molecular weight is 328 g/mol. The largest absolute Gasteiger partial charge is 2.00 e. The standard InChI is InChI=1S/2C6H12O3.Zn/c2*7-5-3-1-2-4-6(8)9;/h2*7H,1-5H2,(H,8,9);/q;;+2/p-2. The first kappa shape index (κ1) is 23.6. The summed E-state index contributed by atoms with van der Waals surface area (Å²) in [7, 11) is 0. The molecule has 0 radical (unpaired) electrons. The first-order chi connectivity index (χ1) is 8.54. The Morgan fingerprint density at radius 1 is 0.684 bits per heavy atom. The normalized spacial score (nSPS) is 8.95. The minimum atomic E-state index is -1.01. The van der Waals surface area contributed by atoms with Gasteiger partial charge >= 0.3 is 19.5 Å². The molecule has 0 amide bonds. The van der Waals surface area contributed by atoms with Crippen molar-refractivity contribution in [1.82, 2.24) is 0 Å². The van der Waals surface area contributed by atoms with Crippen molar-refractivity contribution in [2.75, 3.05) is 13.2 Å². The third-order valence-electron chi connectivity index (χ3n) is 2.08. The maximum Gasteiger partial charge on any atom is 2.00 e. The van der Waals surface area contributed by atoms with Crippen molar-refractivity contribution in [2.24, 2.45) is 0 Å². The SMILES string of the molecule is O=C([O-])CCCCCO.O=C([O-])CCCCCO.[Zn+2]. The van der Waals surface area contributed by atoms with Gasteiger partial charge in [-0.2, -0.15) is 0 Å². The molecule has 0 aromatic heterocycles. The van der Waals surface area contributed by atoms with Gasteiger partial charge in [0.25, 0.3) is 0 Å². The molecule has 0 heterocycles. The second-order valence-electron chi connectivity index (χ2n) is 3.81. The van der Waals surface area contributed by atoms with Crippen LogP contribution >= 0.6 is 0 Å². The fraction of sp³-hybridized carbons (Fsp3) is 0.833. The third kappa shape index (κ3) is 31.8. The summed E-state index contributed by atoms with van der Waals surface area (Å²) in [5.41, 5.74) is 0. The zero-order valence-electron chi connectivity index (χ0n) is 11.3. The van der Waals surface area contributed by atoms with E-state index in [-0.39, 0.29) is 45.5 Å². The van der Waals surface area contributed by atoms with E-state index in [0.717, 1.165) is 12.8 Å². The molecular weight excluding hydrogens is 306 g/mol. The summed E-state index contributed by atoms with van der Waals surface area (Å²) in [6.45, 7) is 0.292. The van der Waals surface area contributed by atoms with Crippen molar-refractivity contribution in [1.29, 1.82) is 0 Å². The number of unbranched alkanes of at least 4 members (excludes halogenated alkanes) is 4. The first-order valence-corrected chi connectivity index (χ1v) is 6.16. The first-order valence-electron chi connectivity index (χ1n) is 6.16. The van der Waals surface area contributed by atoms with E-state index < -0.39 is 11.9 Å². The van der Waals surface area contributed by atoms with Gasteiger partial charge < -0.3 is 30.0 Å². The topological polar surface area (TPSA) is 121 Å². The van der Waals surface area contributed by atoms with Crippen molar-refractivity contribution in [3.05, 3.63) is 0 Å². The van der Waals surface area contributed by atoms with Gasteiger partial charge in [0.05, 0.1) is 0 Å². The predicted octanol–water partition coefficient (Wildman–Crippen LogP) is -1.42. The quantitative estimate of drug-likeness (QED) is 0.375. The summed E-state index contributed by atoms with van der Waals surface area (Å²) >= 11 is 0. The maximum absolute atomic E-state index is 9.79. The molecule has 0 atom stereocenters. The molecule has 0 aromatic carbocycles. The minimum absolute atomic E-state index is 0. The molecule has 0 unspecified atom stereocenters. The van der Waals surface area contributed by atoms with Gasteiger partial charge in [-0.15, -0.1) is 0 Å². The number of rotatable bonds is 10. The molecule has 0 saturated heterocycles. The Bertz CT molecular complexity index is 188. The number of aliphatic hydroxyl groups is 2. The van der Waals surface area contributed by atoms with Crippen LogP contribution in [0.15, 0.2) is 0 Å². The van der Waals surface area contributed by atoms with E-state index >= 15 is 0 Å². The molecule has 108 valence electrons. The predicted molar refractivity (Wildman–Crippen MR) is 61.1 cm³/mol. The summed E-state index contributed by atoms with van der Waals surface area (Å²) in [6.07, 6.45) is 4.36. The van der Waals surface area contributed by atoms with Gasteiger partial charge in [0, 0.05) is 25.2 Å². The van der Waals surface area contributed by atoms with Crippen molar-refractivity contribution in [3.63, 3.8) is 0 Å².